The second-order valence-electron chi connectivity index (χ2n) is 3.00. The van der Waals surface area contributed by atoms with Crippen molar-refractivity contribution in [2.45, 2.75) is 0 Å². The summed E-state index contributed by atoms with van der Waals surface area (Å²) in [4.78, 5) is 0. The van der Waals surface area contributed by atoms with E-state index in [1.807, 2.05) is 0 Å². The van der Waals surface area contributed by atoms with Crippen LogP contribution >= 0.6 is 15.9 Å². The van der Waals surface area contributed by atoms with Gasteiger partial charge < -0.3 is 15.4 Å². The number of nitrogens with two attached hydrogens (primary N) is 1. The van der Waals surface area contributed by atoms with Gasteiger partial charge in [-0.05, 0) is 15.9 Å². The van der Waals surface area contributed by atoms with Crippen molar-refractivity contribution in [2.75, 3.05) is 5.73 Å². The highest BCUT2D eigenvalue weighted by molar-refractivity contribution is 9.10. The van der Waals surface area contributed by atoms with E-state index in [9.17, 15) is 8.78 Å². The van der Waals surface area contributed by atoms with Gasteiger partial charge in [0.05, 0.1) is 10.0 Å². The van der Waals surface area contributed by atoms with E-state index in [4.69, 9.17) is 10.8 Å². The fraction of sp³-hybridized carbons (Fsp3) is 0. The summed E-state index contributed by atoms with van der Waals surface area (Å²) in [5, 5.41) is 12.5. The molecule has 0 saturated carbocycles. The Bertz CT molecular complexity index is 557. The molecule has 0 aliphatic rings. The van der Waals surface area contributed by atoms with Crippen LogP contribution in [0.3, 0.4) is 0 Å². The lowest BCUT2D eigenvalue weighted by atomic mass is 10.1. The van der Waals surface area contributed by atoms with Crippen LogP contribution in [0.15, 0.2) is 21.1 Å². The fourth-order valence-corrected chi connectivity index (χ4v) is 1.53. The lowest BCUT2D eigenvalue weighted by Crippen LogP contribution is -1.91. The van der Waals surface area contributed by atoms with E-state index < -0.39 is 22.9 Å². The van der Waals surface area contributed by atoms with Crippen molar-refractivity contribution < 1.29 is 18.4 Å². The molecule has 16 heavy (non-hydrogen) atoms. The molecule has 0 fully saturated rings. The number of nitrogen functional groups attached to an aromatic ring is 1. The Balaban J connectivity index is 2.70. The van der Waals surface area contributed by atoms with E-state index >= 15 is 0 Å². The smallest absolute Gasteiger partial charge is 0.175 e. The Kier molecular flexibility index (Phi) is 2.55. The Morgan fingerprint density at radius 1 is 1.38 bits per heavy atom. The van der Waals surface area contributed by atoms with Crippen molar-refractivity contribution in [3.63, 3.8) is 0 Å². The number of phenolic OH excluding ortho intramolecular Hbond substituents is 1. The maximum atomic E-state index is 13.6. The van der Waals surface area contributed by atoms with Crippen molar-refractivity contribution in [1.82, 2.24) is 5.16 Å². The van der Waals surface area contributed by atoms with Crippen molar-refractivity contribution in [1.29, 1.82) is 0 Å². The minimum atomic E-state index is -0.978. The molecule has 1 aromatic carbocycles. The van der Waals surface area contributed by atoms with Gasteiger partial charge in [-0.15, -0.1) is 0 Å². The molecular weight excluding hydrogens is 286 g/mol. The first-order valence-electron chi connectivity index (χ1n) is 4.09. The first-order chi connectivity index (χ1) is 7.50. The molecule has 1 heterocycles. The van der Waals surface area contributed by atoms with E-state index in [0.717, 1.165) is 6.07 Å². The summed E-state index contributed by atoms with van der Waals surface area (Å²) in [6.07, 6.45) is 0. The number of hydrogen-bond donors (Lipinski definition) is 2. The summed E-state index contributed by atoms with van der Waals surface area (Å²) < 4.78 is 31.5. The monoisotopic (exact) mass is 290 g/mol. The number of halogens is 3. The molecule has 2 aromatic rings. The zero-order valence-corrected chi connectivity index (χ0v) is 9.25. The molecule has 0 atom stereocenters. The number of nitrogens with zero attached hydrogens (tertiary/aromatic N) is 1. The SMILES string of the molecule is Nc1cc(-c2c(F)cc(O)c(Br)c2F)on1. The maximum Gasteiger partial charge on any atom is 0.175 e. The van der Waals surface area contributed by atoms with E-state index in [2.05, 4.69) is 25.6 Å². The van der Waals surface area contributed by atoms with Gasteiger partial charge in [0.2, 0.25) is 0 Å². The molecule has 4 nitrogen and oxygen atoms in total. The standard InChI is InChI=1S/C9H5BrF2N2O2/c10-8-4(15)1-3(11)7(9(8)12)5-2-6(13)14-16-5/h1-2,15H,(H2,13,14). The van der Waals surface area contributed by atoms with Gasteiger partial charge in [0.25, 0.3) is 0 Å². The van der Waals surface area contributed by atoms with Crippen molar-refractivity contribution in [3.05, 3.63) is 28.2 Å². The highest BCUT2D eigenvalue weighted by Gasteiger charge is 2.21. The van der Waals surface area contributed by atoms with E-state index in [-0.39, 0.29) is 16.1 Å². The number of aromatic nitrogens is 1. The highest BCUT2D eigenvalue weighted by atomic mass is 79.9. The predicted octanol–water partition coefficient (Wildman–Crippen LogP) is 2.67. The molecule has 0 amide bonds. The molecule has 84 valence electrons. The van der Waals surface area contributed by atoms with Gasteiger partial charge in [0.15, 0.2) is 17.4 Å². The molecule has 3 N–H and O–H groups in total. The van der Waals surface area contributed by atoms with E-state index in [1.165, 1.54) is 6.07 Å². The third-order valence-electron chi connectivity index (χ3n) is 1.91. The molecule has 1 aromatic heterocycles. The zero-order chi connectivity index (χ0) is 11.9. The second kappa shape index (κ2) is 3.75. The summed E-state index contributed by atoms with van der Waals surface area (Å²) in [5.41, 5.74) is 4.84. The van der Waals surface area contributed by atoms with Crippen LogP contribution in [0.5, 0.6) is 5.75 Å². The van der Waals surface area contributed by atoms with Gasteiger partial charge in [-0.2, -0.15) is 0 Å². The van der Waals surface area contributed by atoms with Crippen LogP contribution in [0.2, 0.25) is 0 Å². The highest BCUT2D eigenvalue weighted by Crippen LogP contribution is 2.36. The minimum Gasteiger partial charge on any atom is -0.507 e. The average Bonchev–Trinajstić information content (AvgIpc) is 2.61. The van der Waals surface area contributed by atoms with Gasteiger partial charge in [0, 0.05) is 12.1 Å². The normalized spacial score (nSPS) is 10.7. The number of hydrogen-bond acceptors (Lipinski definition) is 4. The summed E-state index contributed by atoms with van der Waals surface area (Å²) in [7, 11) is 0. The lowest BCUT2D eigenvalue weighted by Gasteiger charge is -2.04. The van der Waals surface area contributed by atoms with Gasteiger partial charge in [0.1, 0.15) is 11.6 Å². The predicted molar refractivity (Wildman–Crippen MR) is 55.6 cm³/mol. The number of benzene rings is 1. The van der Waals surface area contributed by atoms with Crippen LogP contribution < -0.4 is 5.73 Å². The topological polar surface area (TPSA) is 72.3 Å². The minimum absolute atomic E-state index is 0.0120. The number of aromatic hydroxyl groups is 1. The molecule has 2 rings (SSSR count). The van der Waals surface area contributed by atoms with Crippen LogP contribution in [0.25, 0.3) is 11.3 Å². The molecule has 0 spiro atoms. The molecule has 0 aliphatic carbocycles. The van der Waals surface area contributed by atoms with Crippen molar-refractivity contribution >= 4 is 21.7 Å². The first kappa shape index (κ1) is 10.9. The Morgan fingerprint density at radius 2 is 2.06 bits per heavy atom. The summed E-state index contributed by atoms with van der Waals surface area (Å²) in [6, 6.07) is 1.95. The van der Waals surface area contributed by atoms with Crippen LogP contribution in [0, 0.1) is 11.6 Å². The van der Waals surface area contributed by atoms with Gasteiger partial charge >= 0.3 is 0 Å². The van der Waals surface area contributed by atoms with Crippen LogP contribution in [0.1, 0.15) is 0 Å². The Labute approximate surface area is 96.8 Å². The third-order valence-corrected chi connectivity index (χ3v) is 2.67. The summed E-state index contributed by atoms with van der Waals surface area (Å²) in [6.45, 7) is 0. The van der Waals surface area contributed by atoms with Crippen LogP contribution in [-0.2, 0) is 0 Å². The summed E-state index contributed by atoms with van der Waals surface area (Å²) in [5.74, 6) is -2.61. The molecule has 0 radical (unpaired) electrons. The second-order valence-corrected chi connectivity index (χ2v) is 3.79. The van der Waals surface area contributed by atoms with Crippen LogP contribution in [-0.4, -0.2) is 10.3 Å². The van der Waals surface area contributed by atoms with E-state index in [1.54, 1.807) is 0 Å². The molecule has 0 bridgehead atoms. The maximum absolute atomic E-state index is 13.6. The van der Waals surface area contributed by atoms with Gasteiger partial charge in [-0.3, -0.25) is 0 Å². The quantitative estimate of drug-likeness (QED) is 0.792. The molecular formula is C9H5BrF2N2O2. The molecule has 0 unspecified atom stereocenters. The average molecular weight is 291 g/mol. The zero-order valence-electron chi connectivity index (χ0n) is 7.67. The van der Waals surface area contributed by atoms with Gasteiger partial charge in [-0.1, -0.05) is 5.16 Å². The van der Waals surface area contributed by atoms with Crippen molar-refractivity contribution in [2.24, 2.45) is 0 Å². The first-order valence-corrected chi connectivity index (χ1v) is 4.89. The number of rotatable bonds is 1. The number of phenols is 1. The van der Waals surface area contributed by atoms with Crippen molar-refractivity contribution in [3.8, 4) is 17.1 Å². The largest absolute Gasteiger partial charge is 0.507 e. The third kappa shape index (κ3) is 1.63. The molecule has 0 aliphatic heterocycles. The fourth-order valence-electron chi connectivity index (χ4n) is 1.22. The molecule has 0 saturated heterocycles. The van der Waals surface area contributed by atoms with Gasteiger partial charge in [-0.25, -0.2) is 8.78 Å². The van der Waals surface area contributed by atoms with Crippen LogP contribution in [0.4, 0.5) is 14.6 Å². The Hall–Kier alpha value is -1.63. The Morgan fingerprint density at radius 3 is 2.62 bits per heavy atom. The molecule has 7 heteroatoms. The summed E-state index contributed by atoms with van der Waals surface area (Å²) >= 11 is 2.78. The van der Waals surface area contributed by atoms with E-state index in [0.29, 0.717) is 0 Å². The number of anilines is 1. The lowest BCUT2D eigenvalue weighted by molar-refractivity contribution is 0.426.